The monoisotopic (exact) mass is 269 g/mol. The van der Waals surface area contributed by atoms with Crippen molar-refractivity contribution in [2.45, 2.75) is 19.0 Å². The van der Waals surface area contributed by atoms with Gasteiger partial charge in [-0.2, -0.15) is 5.10 Å². The molecule has 20 heavy (non-hydrogen) atoms. The van der Waals surface area contributed by atoms with E-state index in [1.54, 1.807) is 12.1 Å². The van der Waals surface area contributed by atoms with Crippen molar-refractivity contribution >= 4 is 10.9 Å². The van der Waals surface area contributed by atoms with Crippen LogP contribution in [-0.2, 0) is 0 Å². The lowest BCUT2D eigenvalue weighted by Crippen LogP contribution is -2.23. The van der Waals surface area contributed by atoms with Gasteiger partial charge in [-0.05, 0) is 30.7 Å². The molecule has 2 aromatic carbocycles. The van der Waals surface area contributed by atoms with Crippen LogP contribution in [0.2, 0.25) is 0 Å². The van der Waals surface area contributed by atoms with E-state index < -0.39 is 0 Å². The molecule has 2 N–H and O–H groups in total. The molecular weight excluding hydrogens is 253 g/mol. The van der Waals surface area contributed by atoms with Gasteiger partial charge in [0, 0.05) is 5.39 Å². The summed E-state index contributed by atoms with van der Waals surface area (Å²) in [5.74, 6) is -0.252. The number of para-hydroxylation sites is 1. The number of fused-ring (bicyclic) bond motifs is 1. The van der Waals surface area contributed by atoms with Crippen molar-refractivity contribution in [3.63, 3.8) is 0 Å². The molecule has 0 saturated carbocycles. The molecule has 1 aromatic heterocycles. The standard InChI is InChI=1S/C16H16FN3/c1-11(16(18)12-6-8-14(17)9-7-12)20-15-5-3-2-4-13(15)10-19-20/h2-11,16H,18H2,1H3. The zero-order chi connectivity index (χ0) is 14.1. The zero-order valence-corrected chi connectivity index (χ0v) is 11.2. The summed E-state index contributed by atoms with van der Waals surface area (Å²) >= 11 is 0. The Balaban J connectivity index is 1.95. The summed E-state index contributed by atoms with van der Waals surface area (Å²) in [6.07, 6.45) is 1.84. The van der Waals surface area contributed by atoms with Crippen LogP contribution in [-0.4, -0.2) is 9.78 Å². The first-order valence-corrected chi connectivity index (χ1v) is 6.60. The number of halogens is 1. The minimum absolute atomic E-state index is 0.0136. The van der Waals surface area contributed by atoms with Crippen LogP contribution >= 0.6 is 0 Å². The predicted octanol–water partition coefficient (Wildman–Crippen LogP) is 3.44. The van der Waals surface area contributed by atoms with Crippen LogP contribution < -0.4 is 5.73 Å². The van der Waals surface area contributed by atoms with Crippen LogP contribution in [0.15, 0.2) is 54.7 Å². The fourth-order valence-electron chi connectivity index (χ4n) is 2.43. The molecule has 102 valence electrons. The topological polar surface area (TPSA) is 43.8 Å². The molecule has 2 atom stereocenters. The first-order chi connectivity index (χ1) is 9.66. The average Bonchev–Trinajstić information content (AvgIpc) is 2.90. The number of rotatable bonds is 3. The zero-order valence-electron chi connectivity index (χ0n) is 11.2. The maximum atomic E-state index is 13.0. The molecule has 0 aliphatic rings. The van der Waals surface area contributed by atoms with E-state index in [9.17, 15) is 4.39 Å². The second kappa shape index (κ2) is 5.06. The van der Waals surface area contributed by atoms with Gasteiger partial charge in [-0.15, -0.1) is 0 Å². The van der Waals surface area contributed by atoms with Crippen LogP contribution in [0.4, 0.5) is 4.39 Å². The van der Waals surface area contributed by atoms with Gasteiger partial charge in [-0.25, -0.2) is 4.39 Å². The van der Waals surface area contributed by atoms with E-state index in [1.807, 2.05) is 42.1 Å². The SMILES string of the molecule is CC(C(N)c1ccc(F)cc1)n1ncc2ccccc21. The van der Waals surface area contributed by atoms with Crippen LogP contribution in [0.3, 0.4) is 0 Å². The molecule has 0 saturated heterocycles. The van der Waals surface area contributed by atoms with E-state index in [0.29, 0.717) is 0 Å². The minimum Gasteiger partial charge on any atom is -0.322 e. The summed E-state index contributed by atoms with van der Waals surface area (Å²) in [4.78, 5) is 0. The third-order valence-electron chi connectivity index (χ3n) is 3.67. The molecule has 3 rings (SSSR count). The number of benzene rings is 2. The highest BCUT2D eigenvalue weighted by atomic mass is 19.1. The Bertz CT molecular complexity index is 718. The molecule has 0 fully saturated rings. The molecule has 0 aliphatic heterocycles. The van der Waals surface area contributed by atoms with E-state index >= 15 is 0 Å². The summed E-state index contributed by atoms with van der Waals surface area (Å²) in [5, 5.41) is 5.51. The van der Waals surface area contributed by atoms with Gasteiger partial charge >= 0.3 is 0 Å². The smallest absolute Gasteiger partial charge is 0.123 e. The van der Waals surface area contributed by atoms with Crippen molar-refractivity contribution in [3.05, 3.63) is 66.1 Å². The van der Waals surface area contributed by atoms with Crippen molar-refractivity contribution in [3.8, 4) is 0 Å². The van der Waals surface area contributed by atoms with E-state index in [4.69, 9.17) is 5.73 Å². The van der Waals surface area contributed by atoms with Crippen molar-refractivity contribution in [1.29, 1.82) is 0 Å². The highest BCUT2D eigenvalue weighted by Crippen LogP contribution is 2.26. The van der Waals surface area contributed by atoms with Crippen LogP contribution in [0, 0.1) is 5.82 Å². The Morgan fingerprint density at radius 3 is 2.55 bits per heavy atom. The lowest BCUT2D eigenvalue weighted by molar-refractivity contribution is 0.426. The molecule has 0 aliphatic carbocycles. The summed E-state index contributed by atoms with van der Waals surface area (Å²) in [6.45, 7) is 2.02. The number of nitrogens with zero attached hydrogens (tertiary/aromatic N) is 2. The van der Waals surface area contributed by atoms with Gasteiger partial charge in [0.1, 0.15) is 5.82 Å². The normalized spacial score (nSPS) is 14.3. The Morgan fingerprint density at radius 1 is 1.10 bits per heavy atom. The molecular formula is C16H16FN3. The first kappa shape index (κ1) is 12.8. The third-order valence-corrected chi connectivity index (χ3v) is 3.67. The molecule has 3 nitrogen and oxygen atoms in total. The second-order valence-corrected chi connectivity index (χ2v) is 4.97. The fourth-order valence-corrected chi connectivity index (χ4v) is 2.43. The quantitative estimate of drug-likeness (QED) is 0.791. The van der Waals surface area contributed by atoms with Gasteiger partial charge in [-0.3, -0.25) is 4.68 Å². The molecule has 4 heteroatoms. The number of nitrogens with two attached hydrogens (primary N) is 1. The summed E-state index contributed by atoms with van der Waals surface area (Å²) in [6, 6.07) is 14.1. The van der Waals surface area contributed by atoms with Gasteiger partial charge in [0.05, 0.1) is 23.8 Å². The Morgan fingerprint density at radius 2 is 1.80 bits per heavy atom. The maximum Gasteiger partial charge on any atom is 0.123 e. The molecule has 0 radical (unpaired) electrons. The average molecular weight is 269 g/mol. The van der Waals surface area contributed by atoms with Crippen molar-refractivity contribution in [1.82, 2.24) is 9.78 Å². The number of aromatic nitrogens is 2. The summed E-state index contributed by atoms with van der Waals surface area (Å²) in [7, 11) is 0. The van der Waals surface area contributed by atoms with Crippen molar-refractivity contribution in [2.75, 3.05) is 0 Å². The van der Waals surface area contributed by atoms with Crippen LogP contribution in [0.5, 0.6) is 0 Å². The summed E-state index contributed by atoms with van der Waals surface area (Å²) < 4.78 is 14.9. The van der Waals surface area contributed by atoms with Crippen LogP contribution in [0.25, 0.3) is 10.9 Å². The molecule has 0 spiro atoms. The second-order valence-electron chi connectivity index (χ2n) is 4.97. The minimum atomic E-state index is -0.252. The molecule has 0 bridgehead atoms. The van der Waals surface area contributed by atoms with Gasteiger partial charge in [-0.1, -0.05) is 30.3 Å². The first-order valence-electron chi connectivity index (χ1n) is 6.60. The Kier molecular flexibility index (Phi) is 3.24. The number of hydrogen-bond donors (Lipinski definition) is 1. The van der Waals surface area contributed by atoms with Gasteiger partial charge < -0.3 is 5.73 Å². The lowest BCUT2D eigenvalue weighted by atomic mass is 10.0. The third kappa shape index (κ3) is 2.18. The molecule has 0 amide bonds. The largest absolute Gasteiger partial charge is 0.322 e. The van der Waals surface area contributed by atoms with Crippen LogP contribution in [0.1, 0.15) is 24.6 Å². The Hall–Kier alpha value is -2.20. The van der Waals surface area contributed by atoms with E-state index in [-0.39, 0.29) is 17.9 Å². The number of hydrogen-bond acceptors (Lipinski definition) is 2. The van der Waals surface area contributed by atoms with Gasteiger partial charge in [0.15, 0.2) is 0 Å². The van der Waals surface area contributed by atoms with Crippen molar-refractivity contribution < 1.29 is 4.39 Å². The van der Waals surface area contributed by atoms with E-state index in [0.717, 1.165) is 16.5 Å². The predicted molar refractivity (Wildman–Crippen MR) is 77.8 cm³/mol. The molecule has 2 unspecified atom stereocenters. The maximum absolute atomic E-state index is 13.0. The van der Waals surface area contributed by atoms with Gasteiger partial charge in [0.2, 0.25) is 0 Å². The lowest BCUT2D eigenvalue weighted by Gasteiger charge is -2.21. The highest BCUT2D eigenvalue weighted by molar-refractivity contribution is 5.78. The highest BCUT2D eigenvalue weighted by Gasteiger charge is 2.19. The Labute approximate surface area is 116 Å². The molecule has 1 heterocycles. The fraction of sp³-hybridized carbons (Fsp3) is 0.188. The molecule has 3 aromatic rings. The van der Waals surface area contributed by atoms with E-state index in [2.05, 4.69) is 5.10 Å². The van der Waals surface area contributed by atoms with Gasteiger partial charge in [0.25, 0.3) is 0 Å². The summed E-state index contributed by atoms with van der Waals surface area (Å²) in [5.41, 5.74) is 8.24. The van der Waals surface area contributed by atoms with Crippen molar-refractivity contribution in [2.24, 2.45) is 5.73 Å². The van der Waals surface area contributed by atoms with E-state index in [1.165, 1.54) is 12.1 Å².